The van der Waals surface area contributed by atoms with Gasteiger partial charge in [0.2, 0.25) is 0 Å². The number of aromatic amines is 1. The third-order valence-electron chi connectivity index (χ3n) is 3.59. The molecule has 1 unspecified atom stereocenters. The van der Waals surface area contributed by atoms with Gasteiger partial charge in [0.1, 0.15) is 0 Å². The van der Waals surface area contributed by atoms with Crippen molar-refractivity contribution in [1.29, 1.82) is 0 Å². The second-order valence-electron chi connectivity index (χ2n) is 5.00. The summed E-state index contributed by atoms with van der Waals surface area (Å²) in [5.74, 6) is 0. The van der Waals surface area contributed by atoms with Gasteiger partial charge in [-0.2, -0.15) is 0 Å². The summed E-state index contributed by atoms with van der Waals surface area (Å²) in [6, 6.07) is 17.3. The number of rotatable bonds is 3. The zero-order valence-corrected chi connectivity index (χ0v) is 11.3. The highest BCUT2D eigenvalue weighted by molar-refractivity contribution is 5.83. The highest BCUT2D eigenvalue weighted by atomic mass is 14.9. The van der Waals surface area contributed by atoms with Crippen LogP contribution in [-0.4, -0.2) is 4.98 Å². The van der Waals surface area contributed by atoms with E-state index in [0.29, 0.717) is 6.04 Å². The van der Waals surface area contributed by atoms with E-state index in [4.69, 9.17) is 0 Å². The first-order valence-electron chi connectivity index (χ1n) is 6.63. The van der Waals surface area contributed by atoms with Crippen LogP contribution in [0.4, 0.5) is 5.69 Å². The molecule has 0 saturated heterocycles. The van der Waals surface area contributed by atoms with Crippen LogP contribution in [0.25, 0.3) is 10.9 Å². The summed E-state index contributed by atoms with van der Waals surface area (Å²) in [6.45, 7) is 4.35. The average molecular weight is 250 g/mol. The van der Waals surface area contributed by atoms with Gasteiger partial charge in [-0.25, -0.2) is 0 Å². The van der Waals surface area contributed by atoms with Crippen LogP contribution in [0.3, 0.4) is 0 Å². The smallest absolute Gasteiger partial charge is 0.0488 e. The predicted octanol–water partition coefficient (Wildman–Crippen LogP) is 4.65. The SMILES string of the molecule is Cc1ccccc1C(C)Nc1ccc2[nH]ccc2c1. The molecule has 0 spiro atoms. The van der Waals surface area contributed by atoms with Crippen molar-refractivity contribution in [3.8, 4) is 0 Å². The van der Waals surface area contributed by atoms with Crippen molar-refractivity contribution in [2.75, 3.05) is 5.32 Å². The molecule has 0 radical (unpaired) electrons. The first-order valence-corrected chi connectivity index (χ1v) is 6.63. The predicted molar refractivity (Wildman–Crippen MR) is 81.5 cm³/mol. The molecule has 2 aromatic carbocycles. The Morgan fingerprint density at radius 1 is 1.05 bits per heavy atom. The summed E-state index contributed by atoms with van der Waals surface area (Å²) in [5.41, 5.74) is 5.00. The summed E-state index contributed by atoms with van der Waals surface area (Å²) in [5, 5.41) is 4.80. The lowest BCUT2D eigenvalue weighted by Gasteiger charge is -2.17. The van der Waals surface area contributed by atoms with Crippen LogP contribution < -0.4 is 5.32 Å². The van der Waals surface area contributed by atoms with Gasteiger partial charge in [-0.1, -0.05) is 24.3 Å². The Balaban J connectivity index is 1.86. The van der Waals surface area contributed by atoms with Gasteiger partial charge in [0, 0.05) is 28.8 Å². The number of fused-ring (bicyclic) bond motifs is 1. The van der Waals surface area contributed by atoms with Gasteiger partial charge < -0.3 is 10.3 Å². The van der Waals surface area contributed by atoms with Gasteiger partial charge in [-0.3, -0.25) is 0 Å². The van der Waals surface area contributed by atoms with Gasteiger partial charge in [0.15, 0.2) is 0 Å². The van der Waals surface area contributed by atoms with E-state index in [1.807, 2.05) is 6.20 Å². The van der Waals surface area contributed by atoms with Crippen LogP contribution in [0.2, 0.25) is 0 Å². The fourth-order valence-electron chi connectivity index (χ4n) is 2.54. The normalized spacial score (nSPS) is 12.5. The fraction of sp³-hybridized carbons (Fsp3) is 0.176. The Labute approximate surface area is 113 Å². The maximum absolute atomic E-state index is 3.57. The quantitative estimate of drug-likeness (QED) is 0.695. The molecule has 3 aromatic rings. The lowest BCUT2D eigenvalue weighted by atomic mass is 10.0. The summed E-state index contributed by atoms with van der Waals surface area (Å²) < 4.78 is 0. The van der Waals surface area contributed by atoms with E-state index in [2.05, 4.69) is 72.7 Å². The Kier molecular flexibility index (Phi) is 3.00. The standard InChI is InChI=1S/C17H18N2/c1-12-5-3-4-6-16(12)13(2)19-15-7-8-17-14(11-15)9-10-18-17/h3-11,13,18-19H,1-2H3. The first kappa shape index (κ1) is 11.8. The molecule has 2 heteroatoms. The Bertz CT molecular complexity index is 697. The average Bonchev–Trinajstić information content (AvgIpc) is 2.86. The molecule has 0 aliphatic heterocycles. The van der Waals surface area contributed by atoms with E-state index < -0.39 is 0 Å². The first-order chi connectivity index (χ1) is 9.24. The molecule has 19 heavy (non-hydrogen) atoms. The third kappa shape index (κ3) is 2.34. The Hall–Kier alpha value is -2.22. The molecule has 96 valence electrons. The van der Waals surface area contributed by atoms with E-state index in [1.165, 1.54) is 22.0 Å². The van der Waals surface area contributed by atoms with Crippen molar-refractivity contribution in [2.45, 2.75) is 19.9 Å². The molecular formula is C17H18N2. The maximum atomic E-state index is 3.57. The number of aryl methyl sites for hydroxylation is 1. The number of aromatic nitrogens is 1. The number of anilines is 1. The van der Waals surface area contributed by atoms with Crippen molar-refractivity contribution < 1.29 is 0 Å². The second-order valence-corrected chi connectivity index (χ2v) is 5.00. The van der Waals surface area contributed by atoms with Crippen molar-refractivity contribution in [3.05, 3.63) is 65.9 Å². The van der Waals surface area contributed by atoms with Crippen LogP contribution in [-0.2, 0) is 0 Å². The monoisotopic (exact) mass is 250 g/mol. The fourth-order valence-corrected chi connectivity index (χ4v) is 2.54. The van der Waals surface area contributed by atoms with Crippen LogP contribution in [0.1, 0.15) is 24.1 Å². The van der Waals surface area contributed by atoms with Crippen LogP contribution in [0, 0.1) is 6.92 Å². The van der Waals surface area contributed by atoms with E-state index in [9.17, 15) is 0 Å². The van der Waals surface area contributed by atoms with Crippen molar-refractivity contribution in [1.82, 2.24) is 4.98 Å². The molecule has 2 nitrogen and oxygen atoms in total. The van der Waals surface area contributed by atoms with E-state index in [0.717, 1.165) is 5.69 Å². The summed E-state index contributed by atoms with van der Waals surface area (Å²) >= 11 is 0. The molecule has 0 fully saturated rings. The Morgan fingerprint density at radius 3 is 2.74 bits per heavy atom. The molecule has 0 bridgehead atoms. The van der Waals surface area contributed by atoms with Gasteiger partial charge in [-0.15, -0.1) is 0 Å². The largest absolute Gasteiger partial charge is 0.378 e. The number of hydrogen-bond acceptors (Lipinski definition) is 1. The van der Waals surface area contributed by atoms with E-state index in [1.54, 1.807) is 0 Å². The molecular weight excluding hydrogens is 232 g/mol. The van der Waals surface area contributed by atoms with Crippen molar-refractivity contribution in [3.63, 3.8) is 0 Å². The molecule has 1 heterocycles. The van der Waals surface area contributed by atoms with Gasteiger partial charge in [0.25, 0.3) is 0 Å². The highest BCUT2D eigenvalue weighted by Crippen LogP contribution is 2.24. The summed E-state index contributed by atoms with van der Waals surface area (Å²) in [4.78, 5) is 3.21. The minimum absolute atomic E-state index is 0.303. The molecule has 1 atom stereocenters. The number of nitrogens with one attached hydrogen (secondary N) is 2. The Morgan fingerprint density at radius 2 is 1.89 bits per heavy atom. The third-order valence-corrected chi connectivity index (χ3v) is 3.59. The van der Waals surface area contributed by atoms with Gasteiger partial charge in [0.05, 0.1) is 0 Å². The number of hydrogen-bond donors (Lipinski definition) is 2. The molecule has 0 aliphatic carbocycles. The van der Waals surface area contributed by atoms with E-state index in [-0.39, 0.29) is 0 Å². The number of H-pyrrole nitrogens is 1. The summed E-state index contributed by atoms with van der Waals surface area (Å²) in [7, 11) is 0. The minimum Gasteiger partial charge on any atom is -0.378 e. The molecule has 0 amide bonds. The number of benzene rings is 2. The maximum Gasteiger partial charge on any atom is 0.0488 e. The van der Waals surface area contributed by atoms with Crippen LogP contribution in [0.15, 0.2) is 54.7 Å². The highest BCUT2D eigenvalue weighted by Gasteiger charge is 2.07. The topological polar surface area (TPSA) is 27.8 Å². The van der Waals surface area contributed by atoms with Crippen LogP contribution in [0.5, 0.6) is 0 Å². The molecule has 3 rings (SSSR count). The minimum atomic E-state index is 0.303. The van der Waals surface area contributed by atoms with Crippen molar-refractivity contribution >= 4 is 16.6 Å². The molecule has 2 N–H and O–H groups in total. The molecule has 0 aliphatic rings. The lowest BCUT2D eigenvalue weighted by molar-refractivity contribution is 0.875. The second kappa shape index (κ2) is 4.81. The van der Waals surface area contributed by atoms with Gasteiger partial charge in [-0.05, 0) is 49.2 Å². The van der Waals surface area contributed by atoms with Crippen molar-refractivity contribution in [2.24, 2.45) is 0 Å². The van der Waals surface area contributed by atoms with Crippen LogP contribution >= 0.6 is 0 Å². The van der Waals surface area contributed by atoms with Gasteiger partial charge >= 0.3 is 0 Å². The zero-order chi connectivity index (χ0) is 13.2. The molecule has 1 aromatic heterocycles. The summed E-state index contributed by atoms with van der Waals surface area (Å²) in [6.07, 6.45) is 1.97. The zero-order valence-electron chi connectivity index (χ0n) is 11.3. The van der Waals surface area contributed by atoms with E-state index >= 15 is 0 Å². The molecule has 0 saturated carbocycles. The lowest BCUT2D eigenvalue weighted by Crippen LogP contribution is -2.07.